The molecule has 0 aliphatic rings. The lowest BCUT2D eigenvalue weighted by Crippen LogP contribution is -2.15. The van der Waals surface area contributed by atoms with Crippen LogP contribution in [0.3, 0.4) is 0 Å². The second-order valence-corrected chi connectivity index (χ2v) is 6.04. The topological polar surface area (TPSA) is 114 Å². The SMILES string of the molecule is COC(=O)c1ccc(Cl)c(S(=O)(=O)Nc2n[nH]c(C)n2)c1. The van der Waals surface area contributed by atoms with E-state index in [9.17, 15) is 13.2 Å². The Morgan fingerprint density at radius 2 is 2.14 bits per heavy atom. The van der Waals surface area contributed by atoms with Gasteiger partial charge in [0.05, 0.1) is 17.7 Å². The maximum Gasteiger partial charge on any atom is 0.337 e. The number of rotatable bonds is 4. The van der Waals surface area contributed by atoms with E-state index < -0.39 is 16.0 Å². The second kappa shape index (κ2) is 5.70. The number of H-pyrrole nitrogens is 1. The molecular formula is C11H11ClN4O4S. The number of anilines is 1. The molecule has 21 heavy (non-hydrogen) atoms. The highest BCUT2D eigenvalue weighted by molar-refractivity contribution is 7.92. The number of hydrogen-bond acceptors (Lipinski definition) is 6. The minimum Gasteiger partial charge on any atom is -0.465 e. The molecule has 0 radical (unpaired) electrons. The highest BCUT2D eigenvalue weighted by atomic mass is 35.5. The average molecular weight is 331 g/mol. The molecule has 0 saturated heterocycles. The van der Waals surface area contributed by atoms with Gasteiger partial charge in [-0.25, -0.2) is 17.9 Å². The van der Waals surface area contributed by atoms with Crippen molar-refractivity contribution in [3.05, 3.63) is 34.6 Å². The van der Waals surface area contributed by atoms with Crippen LogP contribution in [0.15, 0.2) is 23.1 Å². The summed E-state index contributed by atoms with van der Waals surface area (Å²) in [5.74, 6) is -0.342. The number of halogens is 1. The first kappa shape index (κ1) is 15.3. The number of hydrogen-bond donors (Lipinski definition) is 2. The second-order valence-electron chi connectivity index (χ2n) is 3.99. The van der Waals surface area contributed by atoms with E-state index in [0.29, 0.717) is 5.82 Å². The van der Waals surface area contributed by atoms with Crippen molar-refractivity contribution in [2.45, 2.75) is 11.8 Å². The summed E-state index contributed by atoms with van der Waals surface area (Å²) in [7, 11) is -2.84. The van der Waals surface area contributed by atoms with Gasteiger partial charge in [-0.2, -0.15) is 4.98 Å². The van der Waals surface area contributed by atoms with Gasteiger partial charge < -0.3 is 4.74 Å². The molecule has 2 aromatic rings. The van der Waals surface area contributed by atoms with Crippen LogP contribution >= 0.6 is 11.6 Å². The number of aryl methyl sites for hydroxylation is 1. The summed E-state index contributed by atoms with van der Waals surface area (Å²) in [5, 5.41) is 6.13. The van der Waals surface area contributed by atoms with Crippen LogP contribution in [0.5, 0.6) is 0 Å². The zero-order valence-corrected chi connectivity index (χ0v) is 12.6. The number of esters is 1. The van der Waals surface area contributed by atoms with Crippen LogP contribution in [-0.4, -0.2) is 36.7 Å². The number of benzene rings is 1. The van der Waals surface area contributed by atoms with Crippen LogP contribution in [0, 0.1) is 6.92 Å². The van der Waals surface area contributed by atoms with Gasteiger partial charge >= 0.3 is 5.97 Å². The summed E-state index contributed by atoms with van der Waals surface area (Å²) in [6, 6.07) is 3.78. The summed E-state index contributed by atoms with van der Waals surface area (Å²) in [6.07, 6.45) is 0. The highest BCUT2D eigenvalue weighted by Gasteiger charge is 2.22. The number of nitrogens with zero attached hydrogens (tertiary/aromatic N) is 2. The molecule has 2 N–H and O–H groups in total. The van der Waals surface area contributed by atoms with Gasteiger partial charge in [0.1, 0.15) is 10.7 Å². The first-order valence-electron chi connectivity index (χ1n) is 5.63. The quantitative estimate of drug-likeness (QED) is 0.818. The molecular weight excluding hydrogens is 320 g/mol. The van der Waals surface area contributed by atoms with Crippen LogP contribution < -0.4 is 4.72 Å². The van der Waals surface area contributed by atoms with Crippen LogP contribution in [0.1, 0.15) is 16.2 Å². The predicted molar refractivity (Wildman–Crippen MR) is 74.7 cm³/mol. The van der Waals surface area contributed by atoms with Crippen molar-refractivity contribution < 1.29 is 17.9 Å². The molecule has 2 rings (SSSR count). The van der Waals surface area contributed by atoms with Gasteiger partial charge in [0.15, 0.2) is 0 Å². The largest absolute Gasteiger partial charge is 0.465 e. The van der Waals surface area contributed by atoms with E-state index in [4.69, 9.17) is 11.6 Å². The van der Waals surface area contributed by atoms with Gasteiger partial charge in [-0.15, -0.1) is 5.10 Å². The summed E-state index contributed by atoms with van der Waals surface area (Å²) >= 11 is 5.88. The lowest BCUT2D eigenvalue weighted by Gasteiger charge is -2.08. The molecule has 0 atom stereocenters. The van der Waals surface area contributed by atoms with Crippen molar-refractivity contribution >= 4 is 33.5 Å². The number of carbonyl (C=O) groups excluding carboxylic acids is 1. The fourth-order valence-electron chi connectivity index (χ4n) is 1.52. The van der Waals surface area contributed by atoms with Crippen LogP contribution in [0.25, 0.3) is 0 Å². The van der Waals surface area contributed by atoms with Crippen molar-refractivity contribution in [3.8, 4) is 0 Å². The van der Waals surface area contributed by atoms with E-state index in [2.05, 4.69) is 24.6 Å². The number of carbonyl (C=O) groups is 1. The zero-order chi connectivity index (χ0) is 15.6. The lowest BCUT2D eigenvalue weighted by atomic mass is 10.2. The molecule has 0 unspecified atom stereocenters. The lowest BCUT2D eigenvalue weighted by molar-refractivity contribution is 0.0600. The molecule has 8 nitrogen and oxygen atoms in total. The van der Waals surface area contributed by atoms with E-state index in [-0.39, 0.29) is 21.4 Å². The zero-order valence-electron chi connectivity index (χ0n) is 11.0. The molecule has 0 saturated carbocycles. The summed E-state index contributed by atoms with van der Waals surface area (Å²) in [6.45, 7) is 1.62. The van der Waals surface area contributed by atoms with Crippen molar-refractivity contribution in [1.82, 2.24) is 15.2 Å². The third kappa shape index (κ3) is 3.31. The smallest absolute Gasteiger partial charge is 0.337 e. The number of ether oxygens (including phenoxy) is 1. The minimum atomic E-state index is -4.03. The van der Waals surface area contributed by atoms with E-state index in [0.717, 1.165) is 6.07 Å². The Balaban J connectivity index is 2.41. The predicted octanol–water partition coefficient (Wildman–Crippen LogP) is 1.35. The van der Waals surface area contributed by atoms with Gasteiger partial charge in [0.2, 0.25) is 0 Å². The molecule has 1 aromatic heterocycles. The summed E-state index contributed by atoms with van der Waals surface area (Å²) in [4.78, 5) is 15.0. The Hall–Kier alpha value is -2.13. The molecule has 0 aliphatic carbocycles. The van der Waals surface area contributed by atoms with Crippen LogP contribution in [0.4, 0.5) is 5.95 Å². The summed E-state index contributed by atoms with van der Waals surface area (Å²) < 4.78 is 31.2. The molecule has 112 valence electrons. The maximum absolute atomic E-state index is 12.3. The molecule has 0 spiro atoms. The van der Waals surface area contributed by atoms with Crippen molar-refractivity contribution in [1.29, 1.82) is 0 Å². The van der Waals surface area contributed by atoms with E-state index >= 15 is 0 Å². The van der Waals surface area contributed by atoms with Gasteiger partial charge in [0, 0.05) is 0 Å². The van der Waals surface area contributed by atoms with E-state index in [1.807, 2.05) is 0 Å². The molecule has 1 heterocycles. The first-order valence-corrected chi connectivity index (χ1v) is 7.49. The number of aromatic nitrogens is 3. The van der Waals surface area contributed by atoms with Crippen LogP contribution in [0.2, 0.25) is 5.02 Å². The first-order chi connectivity index (χ1) is 9.83. The van der Waals surface area contributed by atoms with Gasteiger partial charge in [-0.3, -0.25) is 5.10 Å². The van der Waals surface area contributed by atoms with Gasteiger partial charge in [-0.05, 0) is 25.1 Å². The minimum absolute atomic E-state index is 0.0394. The molecule has 10 heteroatoms. The normalized spacial score (nSPS) is 11.2. The number of methoxy groups -OCH3 is 1. The highest BCUT2D eigenvalue weighted by Crippen LogP contribution is 2.24. The van der Waals surface area contributed by atoms with Gasteiger partial charge in [0.25, 0.3) is 16.0 Å². The molecule has 1 aromatic carbocycles. The fourth-order valence-corrected chi connectivity index (χ4v) is 2.99. The van der Waals surface area contributed by atoms with Gasteiger partial charge in [-0.1, -0.05) is 11.6 Å². The number of aromatic amines is 1. The maximum atomic E-state index is 12.3. The number of nitrogens with one attached hydrogen (secondary N) is 2. The third-order valence-electron chi connectivity index (χ3n) is 2.46. The Bertz CT molecular complexity index is 787. The Labute approximate surface area is 125 Å². The monoisotopic (exact) mass is 330 g/mol. The molecule has 0 amide bonds. The third-order valence-corrected chi connectivity index (χ3v) is 4.27. The van der Waals surface area contributed by atoms with E-state index in [1.54, 1.807) is 6.92 Å². The standard InChI is InChI=1S/C11H11ClN4O4S/c1-6-13-11(15-14-6)16-21(18,19)9-5-7(10(17)20-2)3-4-8(9)12/h3-5H,1-2H3,(H2,13,14,15,16). The van der Waals surface area contributed by atoms with Crippen LogP contribution in [-0.2, 0) is 14.8 Å². The fraction of sp³-hybridized carbons (Fsp3) is 0.182. The Morgan fingerprint density at radius 3 is 2.71 bits per heavy atom. The van der Waals surface area contributed by atoms with Crippen molar-refractivity contribution in [2.75, 3.05) is 11.8 Å². The van der Waals surface area contributed by atoms with Crippen molar-refractivity contribution in [3.63, 3.8) is 0 Å². The average Bonchev–Trinajstić information content (AvgIpc) is 2.82. The molecule has 0 bridgehead atoms. The van der Waals surface area contributed by atoms with Crippen molar-refractivity contribution in [2.24, 2.45) is 0 Å². The Morgan fingerprint density at radius 1 is 1.43 bits per heavy atom. The number of sulfonamides is 1. The molecule has 0 fully saturated rings. The Kier molecular flexibility index (Phi) is 4.14. The molecule has 0 aliphatic heterocycles. The van der Waals surface area contributed by atoms with E-state index in [1.165, 1.54) is 19.2 Å². The summed E-state index contributed by atoms with van der Waals surface area (Å²) in [5.41, 5.74) is 0.0634.